The second kappa shape index (κ2) is 4.79. The molecule has 0 N–H and O–H groups in total. The van der Waals surface area contributed by atoms with Gasteiger partial charge < -0.3 is 4.74 Å². The van der Waals surface area contributed by atoms with E-state index in [0.29, 0.717) is 6.61 Å². The van der Waals surface area contributed by atoms with Crippen molar-refractivity contribution in [3.8, 4) is 0 Å². The van der Waals surface area contributed by atoms with Gasteiger partial charge >= 0.3 is 5.97 Å². The fraction of sp³-hybridized carbons (Fsp3) is 0.333. The van der Waals surface area contributed by atoms with Crippen molar-refractivity contribution in [1.29, 1.82) is 0 Å². The van der Waals surface area contributed by atoms with Gasteiger partial charge in [-0.1, -0.05) is 12.1 Å². The molecule has 2 rings (SSSR count). The van der Waals surface area contributed by atoms with E-state index in [4.69, 9.17) is 4.74 Å². The average Bonchev–Trinajstić information content (AvgIpc) is 2.80. The molecular weight excluding hydrogens is 204 g/mol. The molecule has 0 bridgehead atoms. The minimum Gasteiger partial charge on any atom is -0.461 e. The summed E-state index contributed by atoms with van der Waals surface area (Å²) in [6, 6.07) is 7.88. The summed E-state index contributed by atoms with van der Waals surface area (Å²) in [6.45, 7) is 2.68. The number of carbonyl (C=O) groups is 1. The summed E-state index contributed by atoms with van der Waals surface area (Å²) in [5.74, 6) is -0.256. The van der Waals surface area contributed by atoms with Crippen LogP contribution in [-0.4, -0.2) is 18.7 Å². The number of nitrogens with zero attached hydrogens (tertiary/aromatic N) is 2. The van der Waals surface area contributed by atoms with Gasteiger partial charge in [0.1, 0.15) is 6.61 Å². The normalized spacial score (nSPS) is 14.2. The fourth-order valence-electron chi connectivity index (χ4n) is 1.54. The minimum atomic E-state index is -0.256. The van der Waals surface area contributed by atoms with Crippen LogP contribution in [0, 0.1) is 0 Å². The number of anilines is 1. The minimum absolute atomic E-state index is 0.256. The molecule has 0 amide bonds. The van der Waals surface area contributed by atoms with Gasteiger partial charge in [-0.15, -0.1) is 0 Å². The molecule has 0 unspecified atom stereocenters. The predicted octanol–water partition coefficient (Wildman–Crippen LogP) is 1.95. The number of hydrogen-bond acceptors (Lipinski definition) is 4. The van der Waals surface area contributed by atoms with Gasteiger partial charge in [-0.2, -0.15) is 5.10 Å². The van der Waals surface area contributed by atoms with Gasteiger partial charge in [0.05, 0.1) is 5.69 Å². The van der Waals surface area contributed by atoms with Crippen molar-refractivity contribution in [2.45, 2.75) is 20.0 Å². The number of ether oxygens (including phenoxy) is 1. The molecule has 84 valence electrons. The lowest BCUT2D eigenvalue weighted by Gasteiger charge is -2.13. The molecule has 1 aromatic carbocycles. The van der Waals surface area contributed by atoms with Crippen LogP contribution < -0.4 is 5.01 Å². The number of rotatable bonds is 3. The third kappa shape index (κ3) is 2.59. The number of carbonyl (C=O) groups excluding carboxylic acids is 1. The fourth-order valence-corrected chi connectivity index (χ4v) is 1.54. The Balaban J connectivity index is 1.98. The first-order valence-corrected chi connectivity index (χ1v) is 5.28. The van der Waals surface area contributed by atoms with Crippen molar-refractivity contribution in [1.82, 2.24) is 0 Å². The molecule has 0 aromatic heterocycles. The van der Waals surface area contributed by atoms with Crippen LogP contribution in [0.4, 0.5) is 5.69 Å². The van der Waals surface area contributed by atoms with Crippen LogP contribution in [0.25, 0.3) is 0 Å². The first kappa shape index (κ1) is 10.7. The van der Waals surface area contributed by atoms with E-state index < -0.39 is 0 Å². The summed E-state index contributed by atoms with van der Waals surface area (Å²) in [5.41, 5.74) is 2.06. The summed E-state index contributed by atoms with van der Waals surface area (Å²) in [5, 5.41) is 6.19. The maximum atomic E-state index is 10.6. The quantitative estimate of drug-likeness (QED) is 0.728. The monoisotopic (exact) mass is 218 g/mol. The third-order valence-corrected chi connectivity index (χ3v) is 2.37. The van der Waals surface area contributed by atoms with Gasteiger partial charge in [-0.05, 0) is 17.7 Å². The van der Waals surface area contributed by atoms with E-state index in [1.54, 1.807) is 0 Å². The zero-order chi connectivity index (χ0) is 11.4. The molecule has 1 aliphatic heterocycles. The second-order valence-corrected chi connectivity index (χ2v) is 3.66. The van der Waals surface area contributed by atoms with Crippen molar-refractivity contribution in [2.75, 3.05) is 11.6 Å². The van der Waals surface area contributed by atoms with Crippen LogP contribution in [0.2, 0.25) is 0 Å². The topological polar surface area (TPSA) is 41.9 Å². The second-order valence-electron chi connectivity index (χ2n) is 3.66. The first-order valence-electron chi connectivity index (χ1n) is 5.28. The van der Waals surface area contributed by atoms with E-state index in [0.717, 1.165) is 24.2 Å². The van der Waals surface area contributed by atoms with E-state index in [1.165, 1.54) is 6.92 Å². The highest BCUT2D eigenvalue weighted by atomic mass is 16.5. The molecule has 1 aliphatic rings. The van der Waals surface area contributed by atoms with Gasteiger partial charge in [0.2, 0.25) is 0 Å². The van der Waals surface area contributed by atoms with Crippen LogP contribution in [-0.2, 0) is 16.1 Å². The van der Waals surface area contributed by atoms with Gasteiger partial charge in [0, 0.05) is 26.1 Å². The van der Waals surface area contributed by atoms with E-state index in [9.17, 15) is 4.79 Å². The highest BCUT2D eigenvalue weighted by Crippen LogP contribution is 2.18. The van der Waals surface area contributed by atoms with E-state index in [2.05, 4.69) is 5.10 Å². The van der Waals surface area contributed by atoms with Gasteiger partial charge in [-0.3, -0.25) is 9.80 Å². The molecule has 16 heavy (non-hydrogen) atoms. The molecular formula is C12H14N2O2. The van der Waals surface area contributed by atoms with Crippen molar-refractivity contribution in [3.05, 3.63) is 29.8 Å². The molecule has 0 radical (unpaired) electrons. The Labute approximate surface area is 94.5 Å². The van der Waals surface area contributed by atoms with Crippen molar-refractivity contribution in [2.24, 2.45) is 5.10 Å². The highest BCUT2D eigenvalue weighted by Gasteiger charge is 2.07. The lowest BCUT2D eigenvalue weighted by atomic mass is 10.2. The number of benzene rings is 1. The first-order chi connectivity index (χ1) is 7.75. The smallest absolute Gasteiger partial charge is 0.302 e. The highest BCUT2D eigenvalue weighted by molar-refractivity contribution is 5.66. The Morgan fingerprint density at radius 3 is 2.75 bits per heavy atom. The summed E-state index contributed by atoms with van der Waals surface area (Å²) in [4.78, 5) is 10.6. The largest absolute Gasteiger partial charge is 0.461 e. The van der Waals surface area contributed by atoms with Crippen LogP contribution in [0.1, 0.15) is 18.9 Å². The molecule has 4 nitrogen and oxygen atoms in total. The zero-order valence-electron chi connectivity index (χ0n) is 9.22. The lowest BCUT2D eigenvalue weighted by molar-refractivity contribution is -0.142. The van der Waals surface area contributed by atoms with Crippen LogP contribution in [0.5, 0.6) is 0 Å². The van der Waals surface area contributed by atoms with E-state index in [-0.39, 0.29) is 5.97 Å². The Bertz CT molecular complexity index is 398. The van der Waals surface area contributed by atoms with Crippen LogP contribution in [0.3, 0.4) is 0 Å². The predicted molar refractivity (Wildman–Crippen MR) is 62.4 cm³/mol. The summed E-state index contributed by atoms with van der Waals surface area (Å²) < 4.78 is 4.91. The van der Waals surface area contributed by atoms with Crippen LogP contribution >= 0.6 is 0 Å². The third-order valence-electron chi connectivity index (χ3n) is 2.37. The van der Waals surface area contributed by atoms with Crippen molar-refractivity contribution < 1.29 is 9.53 Å². The van der Waals surface area contributed by atoms with Crippen molar-refractivity contribution in [3.63, 3.8) is 0 Å². The van der Waals surface area contributed by atoms with Crippen LogP contribution in [0.15, 0.2) is 29.4 Å². The molecule has 0 aliphatic carbocycles. The number of hydrazone groups is 1. The number of esters is 1. The SMILES string of the molecule is CC(=O)OCc1ccc(N2CCC=N2)cc1. The maximum Gasteiger partial charge on any atom is 0.302 e. The molecule has 1 heterocycles. The molecule has 4 heteroatoms. The standard InChI is InChI=1S/C12H14N2O2/c1-10(15)16-9-11-3-5-12(6-4-11)14-8-2-7-13-14/h3-7H,2,8-9H2,1H3. The molecule has 1 aromatic rings. The summed E-state index contributed by atoms with van der Waals surface area (Å²) >= 11 is 0. The van der Waals surface area contributed by atoms with Gasteiger partial charge in [0.15, 0.2) is 0 Å². The van der Waals surface area contributed by atoms with Gasteiger partial charge in [-0.25, -0.2) is 0 Å². The molecule has 0 fully saturated rings. The van der Waals surface area contributed by atoms with E-state index >= 15 is 0 Å². The summed E-state index contributed by atoms with van der Waals surface area (Å²) in [7, 11) is 0. The maximum absolute atomic E-state index is 10.6. The molecule has 0 spiro atoms. The Hall–Kier alpha value is -1.84. The Kier molecular flexibility index (Phi) is 3.19. The van der Waals surface area contributed by atoms with E-state index in [1.807, 2.05) is 35.5 Å². The lowest BCUT2D eigenvalue weighted by Crippen LogP contribution is -2.11. The molecule has 0 atom stereocenters. The number of hydrogen-bond donors (Lipinski definition) is 0. The average molecular weight is 218 g/mol. The zero-order valence-corrected chi connectivity index (χ0v) is 9.22. The molecule has 0 saturated carbocycles. The summed E-state index contributed by atoms with van der Waals surface area (Å²) in [6.07, 6.45) is 2.90. The Morgan fingerprint density at radius 2 is 2.19 bits per heavy atom. The van der Waals surface area contributed by atoms with Gasteiger partial charge in [0.25, 0.3) is 0 Å². The molecule has 0 saturated heterocycles. The Morgan fingerprint density at radius 1 is 1.44 bits per heavy atom. The van der Waals surface area contributed by atoms with Crippen molar-refractivity contribution >= 4 is 17.9 Å².